The van der Waals surface area contributed by atoms with E-state index in [1.807, 2.05) is 23.1 Å². The van der Waals surface area contributed by atoms with Crippen LogP contribution in [0.4, 0.5) is 5.88 Å². The Morgan fingerprint density at radius 2 is 1.92 bits per heavy atom. The van der Waals surface area contributed by atoms with Gasteiger partial charge in [0.1, 0.15) is 11.7 Å². The molecule has 4 aromatic rings. The molecule has 1 aliphatic heterocycles. The first kappa shape index (κ1) is 23.2. The minimum atomic E-state index is -0.726. The number of rotatable bonds is 7. The minimum absolute atomic E-state index is 0.0254. The van der Waals surface area contributed by atoms with E-state index < -0.39 is 12.6 Å². The van der Waals surface area contributed by atoms with Gasteiger partial charge in [0.2, 0.25) is 17.3 Å². The molecule has 11 nitrogen and oxygen atoms in total. The number of anilines is 1. The number of carbonyl (C=O) groups is 2. The van der Waals surface area contributed by atoms with E-state index in [0.29, 0.717) is 49.0 Å². The number of ether oxygens (including phenoxy) is 2. The van der Waals surface area contributed by atoms with Gasteiger partial charge in [-0.05, 0) is 18.2 Å². The van der Waals surface area contributed by atoms with Crippen molar-refractivity contribution < 1.29 is 32.3 Å². The van der Waals surface area contributed by atoms with E-state index in [-0.39, 0.29) is 29.9 Å². The molecule has 0 aliphatic carbocycles. The van der Waals surface area contributed by atoms with Crippen molar-refractivity contribution in [1.29, 1.82) is 5.26 Å². The lowest BCUT2D eigenvalue weighted by Crippen LogP contribution is -2.50. The van der Waals surface area contributed by atoms with Crippen LogP contribution in [0, 0.1) is 11.3 Å². The molecular weight excluding hydrogens is 468 g/mol. The van der Waals surface area contributed by atoms with Crippen LogP contribution in [-0.2, 0) is 20.9 Å². The lowest BCUT2D eigenvalue weighted by molar-refractivity contribution is -0.134. The SMILES string of the molecule is COCc1c(C(=O)OCC(=O)N2CCN(c3oc(-c4ccco4)nc3C#N)CC2)oc2ccccc12. The van der Waals surface area contributed by atoms with Crippen molar-refractivity contribution in [3.8, 4) is 17.7 Å². The van der Waals surface area contributed by atoms with Gasteiger partial charge in [-0.3, -0.25) is 4.79 Å². The lowest BCUT2D eigenvalue weighted by Gasteiger charge is -2.34. The summed E-state index contributed by atoms with van der Waals surface area (Å²) in [6, 6.07) is 12.7. The third kappa shape index (κ3) is 4.42. The van der Waals surface area contributed by atoms with Gasteiger partial charge in [0, 0.05) is 44.2 Å². The van der Waals surface area contributed by atoms with Gasteiger partial charge in [-0.25, -0.2) is 4.79 Å². The summed E-state index contributed by atoms with van der Waals surface area (Å²) in [5.74, 6) is -0.0602. The minimum Gasteiger partial charge on any atom is -0.459 e. The van der Waals surface area contributed by atoms with Crippen molar-refractivity contribution in [3.05, 3.63) is 59.7 Å². The van der Waals surface area contributed by atoms with E-state index in [4.69, 9.17) is 22.7 Å². The third-order valence-electron chi connectivity index (χ3n) is 5.87. The van der Waals surface area contributed by atoms with Crippen molar-refractivity contribution in [2.24, 2.45) is 0 Å². The molecule has 5 rings (SSSR count). The third-order valence-corrected chi connectivity index (χ3v) is 5.87. The van der Waals surface area contributed by atoms with Gasteiger partial charge in [-0.2, -0.15) is 10.2 Å². The van der Waals surface area contributed by atoms with Crippen LogP contribution in [0.25, 0.3) is 22.6 Å². The van der Waals surface area contributed by atoms with E-state index in [1.54, 1.807) is 29.2 Å². The van der Waals surface area contributed by atoms with E-state index in [1.165, 1.54) is 13.4 Å². The van der Waals surface area contributed by atoms with Gasteiger partial charge in [0.25, 0.3) is 11.8 Å². The Hall–Kier alpha value is -4.56. The molecule has 0 atom stereocenters. The van der Waals surface area contributed by atoms with Crippen LogP contribution in [-0.4, -0.2) is 61.7 Å². The number of amides is 1. The lowest BCUT2D eigenvalue weighted by atomic mass is 10.1. The van der Waals surface area contributed by atoms with Gasteiger partial charge in [0.15, 0.2) is 12.4 Å². The van der Waals surface area contributed by atoms with Gasteiger partial charge < -0.3 is 32.5 Å². The number of aromatic nitrogens is 1. The summed E-state index contributed by atoms with van der Waals surface area (Å²) in [4.78, 5) is 33.0. The molecule has 184 valence electrons. The first-order valence-electron chi connectivity index (χ1n) is 11.2. The number of oxazole rings is 1. The molecule has 1 fully saturated rings. The molecule has 0 bridgehead atoms. The number of piperazine rings is 1. The van der Waals surface area contributed by atoms with Gasteiger partial charge in [-0.1, -0.05) is 18.2 Å². The van der Waals surface area contributed by atoms with Crippen LogP contribution < -0.4 is 4.90 Å². The zero-order valence-corrected chi connectivity index (χ0v) is 19.4. The van der Waals surface area contributed by atoms with Crippen LogP contribution in [0.2, 0.25) is 0 Å². The summed E-state index contributed by atoms with van der Waals surface area (Å²) in [7, 11) is 1.52. The highest BCUT2D eigenvalue weighted by molar-refractivity contribution is 5.96. The standard InChI is InChI=1S/C25H22N4O7/c1-32-14-17-16-5-2-3-6-19(16)35-22(17)25(31)34-15-21(30)28-8-10-29(11-9-28)24-18(13-26)27-23(36-24)20-7-4-12-33-20/h2-7,12H,8-11,14-15H2,1H3. The molecule has 1 aromatic carbocycles. The molecule has 36 heavy (non-hydrogen) atoms. The average Bonchev–Trinajstić information content (AvgIpc) is 3.66. The summed E-state index contributed by atoms with van der Waals surface area (Å²) in [6.07, 6.45) is 1.50. The fourth-order valence-electron chi connectivity index (χ4n) is 4.10. The Morgan fingerprint density at radius 1 is 1.11 bits per heavy atom. The Bertz CT molecular complexity index is 1420. The van der Waals surface area contributed by atoms with Gasteiger partial charge >= 0.3 is 5.97 Å². The maximum absolute atomic E-state index is 12.7. The topological polar surface area (TPSA) is 135 Å². The normalized spacial score (nSPS) is 13.7. The second-order valence-corrected chi connectivity index (χ2v) is 8.04. The van der Waals surface area contributed by atoms with Crippen LogP contribution in [0.15, 0.2) is 55.9 Å². The molecule has 1 saturated heterocycles. The number of hydrogen-bond donors (Lipinski definition) is 0. The summed E-state index contributed by atoms with van der Waals surface area (Å²) in [6.45, 7) is 1.31. The van der Waals surface area contributed by atoms with E-state index >= 15 is 0 Å². The zero-order chi connectivity index (χ0) is 25.1. The van der Waals surface area contributed by atoms with Crippen LogP contribution in [0.1, 0.15) is 21.8 Å². The number of fused-ring (bicyclic) bond motifs is 1. The predicted molar refractivity (Wildman–Crippen MR) is 125 cm³/mol. The molecule has 0 spiro atoms. The number of nitrogens with zero attached hydrogens (tertiary/aromatic N) is 4. The number of hydrogen-bond acceptors (Lipinski definition) is 10. The number of methoxy groups -OCH3 is 1. The molecule has 0 unspecified atom stereocenters. The molecule has 0 N–H and O–H groups in total. The van der Waals surface area contributed by atoms with Crippen molar-refractivity contribution >= 4 is 28.7 Å². The van der Waals surface area contributed by atoms with Gasteiger partial charge in [-0.15, -0.1) is 0 Å². The monoisotopic (exact) mass is 490 g/mol. The molecule has 3 aromatic heterocycles. The first-order valence-corrected chi connectivity index (χ1v) is 11.2. The molecule has 0 radical (unpaired) electrons. The molecule has 11 heteroatoms. The number of nitriles is 1. The zero-order valence-electron chi connectivity index (χ0n) is 19.4. The van der Waals surface area contributed by atoms with Crippen molar-refractivity contribution in [3.63, 3.8) is 0 Å². The van der Waals surface area contributed by atoms with Crippen LogP contribution in [0.3, 0.4) is 0 Å². The number of esters is 1. The second-order valence-electron chi connectivity index (χ2n) is 8.04. The van der Waals surface area contributed by atoms with E-state index in [9.17, 15) is 14.9 Å². The molecule has 0 saturated carbocycles. The highest BCUT2D eigenvalue weighted by Gasteiger charge is 2.28. The maximum Gasteiger partial charge on any atom is 0.375 e. The Labute approximate surface area is 205 Å². The number of benzene rings is 1. The summed E-state index contributed by atoms with van der Waals surface area (Å²) >= 11 is 0. The fraction of sp³-hybridized carbons (Fsp3) is 0.280. The largest absolute Gasteiger partial charge is 0.459 e. The Kier molecular flexibility index (Phi) is 6.42. The fourth-order valence-corrected chi connectivity index (χ4v) is 4.10. The van der Waals surface area contributed by atoms with Crippen LogP contribution in [0.5, 0.6) is 0 Å². The Morgan fingerprint density at radius 3 is 2.64 bits per heavy atom. The quantitative estimate of drug-likeness (QED) is 0.355. The van der Waals surface area contributed by atoms with Crippen molar-refractivity contribution in [2.75, 3.05) is 44.8 Å². The first-order chi connectivity index (χ1) is 17.6. The number of furan rings is 2. The molecular formula is C25H22N4O7. The average molecular weight is 490 g/mol. The Balaban J connectivity index is 1.19. The molecule has 4 heterocycles. The smallest absolute Gasteiger partial charge is 0.375 e. The summed E-state index contributed by atoms with van der Waals surface area (Å²) in [5, 5.41) is 10.2. The van der Waals surface area contributed by atoms with Crippen molar-refractivity contribution in [2.45, 2.75) is 6.61 Å². The number of para-hydroxylation sites is 1. The van der Waals surface area contributed by atoms with Crippen LogP contribution >= 0.6 is 0 Å². The highest BCUT2D eigenvalue weighted by atomic mass is 16.5. The van der Waals surface area contributed by atoms with E-state index in [2.05, 4.69) is 4.98 Å². The van der Waals surface area contributed by atoms with E-state index in [0.717, 1.165) is 5.39 Å². The second kappa shape index (κ2) is 9.97. The summed E-state index contributed by atoms with van der Waals surface area (Å²) in [5.41, 5.74) is 1.26. The highest BCUT2D eigenvalue weighted by Crippen LogP contribution is 2.29. The summed E-state index contributed by atoms with van der Waals surface area (Å²) < 4.78 is 27.2. The van der Waals surface area contributed by atoms with Gasteiger partial charge in [0.05, 0.1) is 12.9 Å². The molecule has 1 amide bonds. The predicted octanol–water partition coefficient (Wildman–Crippen LogP) is 3.20. The molecule has 1 aliphatic rings. The maximum atomic E-state index is 12.7. The van der Waals surface area contributed by atoms with Crippen molar-refractivity contribution in [1.82, 2.24) is 9.88 Å². The number of carbonyl (C=O) groups excluding carboxylic acids is 2.